The highest BCUT2D eigenvalue weighted by Gasteiger charge is 2.21. The highest BCUT2D eigenvalue weighted by Crippen LogP contribution is 2.17. The number of carbonyl (C=O) groups is 3. The Kier molecular flexibility index (Phi) is 6.11. The van der Waals surface area contributed by atoms with Crippen LogP contribution in [0.4, 0.5) is 0 Å². The molecule has 0 radical (unpaired) electrons. The second-order valence-electron chi connectivity index (χ2n) is 6.12. The van der Waals surface area contributed by atoms with Crippen LogP contribution in [-0.4, -0.2) is 23.8 Å². The Labute approximate surface area is 152 Å². The largest absolute Gasteiger partial charge is 0.427 e. The first kappa shape index (κ1) is 19.2. The zero-order valence-electron chi connectivity index (χ0n) is 15.0. The van der Waals surface area contributed by atoms with E-state index in [0.717, 1.165) is 16.7 Å². The van der Waals surface area contributed by atoms with Gasteiger partial charge < -0.3 is 15.8 Å². The molecule has 0 aliphatic heterocycles. The number of carbonyl (C=O) groups excluding carboxylic acids is 3. The molecule has 2 aromatic carbocycles. The zero-order valence-corrected chi connectivity index (χ0v) is 15.0. The summed E-state index contributed by atoms with van der Waals surface area (Å²) >= 11 is 0. The lowest BCUT2D eigenvalue weighted by molar-refractivity contribution is -0.131. The molecule has 2 rings (SSSR count). The van der Waals surface area contributed by atoms with Crippen LogP contribution < -0.4 is 15.8 Å². The zero-order chi connectivity index (χ0) is 19.3. The molecule has 3 N–H and O–H groups in total. The molecular weight excluding hydrogens is 332 g/mol. The highest BCUT2D eigenvalue weighted by molar-refractivity contribution is 5.97. The first-order valence-corrected chi connectivity index (χ1v) is 8.21. The normalized spacial score (nSPS) is 11.5. The molecule has 6 nitrogen and oxygen atoms in total. The monoisotopic (exact) mass is 354 g/mol. The second kappa shape index (κ2) is 8.29. The van der Waals surface area contributed by atoms with Crippen LogP contribution >= 0.6 is 0 Å². The summed E-state index contributed by atoms with van der Waals surface area (Å²) in [4.78, 5) is 35.4. The van der Waals surface area contributed by atoms with Crippen molar-refractivity contribution in [1.29, 1.82) is 0 Å². The van der Waals surface area contributed by atoms with Gasteiger partial charge in [-0.3, -0.25) is 14.4 Å². The molecule has 0 aliphatic carbocycles. The number of benzene rings is 2. The van der Waals surface area contributed by atoms with Gasteiger partial charge in [0.2, 0.25) is 5.91 Å². The van der Waals surface area contributed by atoms with Gasteiger partial charge in [-0.2, -0.15) is 0 Å². The Balaban J connectivity index is 2.18. The summed E-state index contributed by atoms with van der Waals surface area (Å²) in [7, 11) is 0. The molecule has 2 aromatic rings. The number of ether oxygens (including phenoxy) is 1. The van der Waals surface area contributed by atoms with E-state index in [2.05, 4.69) is 5.32 Å². The molecule has 6 heteroatoms. The quantitative estimate of drug-likeness (QED) is 0.613. The summed E-state index contributed by atoms with van der Waals surface area (Å²) in [6.07, 6.45) is 0.309. The molecule has 0 aliphatic rings. The van der Waals surface area contributed by atoms with E-state index in [1.807, 2.05) is 32.0 Å². The Bertz CT molecular complexity index is 825. The van der Waals surface area contributed by atoms with Gasteiger partial charge in [-0.1, -0.05) is 24.3 Å². The van der Waals surface area contributed by atoms with E-state index >= 15 is 0 Å². The summed E-state index contributed by atoms with van der Waals surface area (Å²) in [6, 6.07) is 11.2. The van der Waals surface area contributed by atoms with Gasteiger partial charge in [-0.15, -0.1) is 0 Å². The lowest BCUT2D eigenvalue weighted by Gasteiger charge is -2.18. The summed E-state index contributed by atoms with van der Waals surface area (Å²) in [5, 5.41) is 2.66. The van der Waals surface area contributed by atoms with Crippen molar-refractivity contribution in [3.05, 3.63) is 64.7 Å². The summed E-state index contributed by atoms with van der Waals surface area (Å²) < 4.78 is 4.97. The molecular formula is C20H22N2O4. The molecule has 2 amide bonds. The van der Waals surface area contributed by atoms with E-state index in [9.17, 15) is 14.4 Å². The van der Waals surface area contributed by atoms with Crippen LogP contribution in [0, 0.1) is 13.8 Å². The van der Waals surface area contributed by atoms with Gasteiger partial charge in [0.15, 0.2) is 0 Å². The van der Waals surface area contributed by atoms with Crippen molar-refractivity contribution in [2.75, 3.05) is 0 Å². The van der Waals surface area contributed by atoms with E-state index in [1.54, 1.807) is 18.2 Å². The molecule has 0 saturated carbocycles. The fourth-order valence-corrected chi connectivity index (χ4v) is 2.71. The van der Waals surface area contributed by atoms with Gasteiger partial charge in [0.1, 0.15) is 11.8 Å². The highest BCUT2D eigenvalue weighted by atomic mass is 16.5. The van der Waals surface area contributed by atoms with E-state index in [1.165, 1.54) is 13.0 Å². The minimum Gasteiger partial charge on any atom is -0.427 e. The number of hydrogen-bond donors (Lipinski definition) is 2. The average molecular weight is 354 g/mol. The molecule has 26 heavy (non-hydrogen) atoms. The summed E-state index contributed by atoms with van der Waals surface area (Å²) in [6.45, 7) is 5.18. The van der Waals surface area contributed by atoms with Crippen molar-refractivity contribution in [3.63, 3.8) is 0 Å². The van der Waals surface area contributed by atoms with E-state index < -0.39 is 23.8 Å². The fourth-order valence-electron chi connectivity index (χ4n) is 2.71. The first-order chi connectivity index (χ1) is 12.3. The first-order valence-electron chi connectivity index (χ1n) is 8.21. The van der Waals surface area contributed by atoms with Crippen LogP contribution in [0.2, 0.25) is 0 Å². The number of nitrogens with two attached hydrogens (primary N) is 1. The van der Waals surface area contributed by atoms with Crippen LogP contribution in [0.15, 0.2) is 42.5 Å². The van der Waals surface area contributed by atoms with Crippen molar-refractivity contribution < 1.29 is 19.1 Å². The molecule has 0 bridgehead atoms. The van der Waals surface area contributed by atoms with E-state index in [0.29, 0.717) is 6.42 Å². The Morgan fingerprint density at radius 2 is 1.69 bits per heavy atom. The van der Waals surface area contributed by atoms with Gasteiger partial charge in [0, 0.05) is 18.9 Å². The SMILES string of the molecule is CC(=O)Oc1cccc(C(=O)N[C@H](Cc2c(C)cccc2C)C(N)=O)c1. The average Bonchev–Trinajstić information content (AvgIpc) is 2.56. The minimum atomic E-state index is -0.848. The third kappa shape index (κ3) is 4.92. The Morgan fingerprint density at radius 3 is 2.27 bits per heavy atom. The third-order valence-corrected chi connectivity index (χ3v) is 4.06. The maximum atomic E-state index is 12.5. The minimum absolute atomic E-state index is 0.260. The van der Waals surface area contributed by atoms with Crippen LogP contribution in [-0.2, 0) is 16.0 Å². The van der Waals surface area contributed by atoms with Crippen LogP contribution in [0.3, 0.4) is 0 Å². The van der Waals surface area contributed by atoms with Crippen molar-refractivity contribution in [3.8, 4) is 5.75 Å². The van der Waals surface area contributed by atoms with Crippen molar-refractivity contribution >= 4 is 17.8 Å². The number of nitrogens with one attached hydrogen (secondary N) is 1. The van der Waals surface area contributed by atoms with Gasteiger partial charge in [0.25, 0.3) is 5.91 Å². The lowest BCUT2D eigenvalue weighted by Crippen LogP contribution is -2.46. The predicted molar refractivity (Wildman–Crippen MR) is 97.8 cm³/mol. The van der Waals surface area contributed by atoms with Gasteiger partial charge >= 0.3 is 5.97 Å². The second-order valence-corrected chi connectivity index (χ2v) is 6.12. The fraction of sp³-hybridized carbons (Fsp3) is 0.250. The molecule has 0 spiro atoms. The van der Waals surface area contributed by atoms with Crippen molar-refractivity contribution in [1.82, 2.24) is 5.32 Å². The molecule has 0 aromatic heterocycles. The van der Waals surface area contributed by atoms with Gasteiger partial charge in [-0.25, -0.2) is 0 Å². The third-order valence-electron chi connectivity index (χ3n) is 4.06. The molecule has 0 fully saturated rings. The number of primary amides is 1. The molecule has 0 saturated heterocycles. The van der Waals surface area contributed by atoms with Crippen molar-refractivity contribution in [2.45, 2.75) is 33.2 Å². The van der Waals surface area contributed by atoms with E-state index in [-0.39, 0.29) is 11.3 Å². The maximum Gasteiger partial charge on any atom is 0.308 e. The standard InChI is InChI=1S/C20H22N2O4/c1-12-6-4-7-13(2)17(12)11-18(19(21)24)22-20(25)15-8-5-9-16(10-15)26-14(3)23/h4-10,18H,11H2,1-3H3,(H2,21,24)(H,22,25)/t18-/m1/s1. The predicted octanol–water partition coefficient (Wildman–Crippen LogP) is 2.06. The van der Waals surface area contributed by atoms with Gasteiger partial charge in [-0.05, 0) is 48.7 Å². The Hall–Kier alpha value is -3.15. The molecule has 0 unspecified atom stereocenters. The maximum absolute atomic E-state index is 12.5. The number of aryl methyl sites for hydroxylation is 2. The topological polar surface area (TPSA) is 98.5 Å². The Morgan fingerprint density at radius 1 is 1.08 bits per heavy atom. The smallest absolute Gasteiger partial charge is 0.308 e. The lowest BCUT2D eigenvalue weighted by atomic mass is 9.96. The number of rotatable bonds is 6. The van der Waals surface area contributed by atoms with Gasteiger partial charge in [0.05, 0.1) is 0 Å². The van der Waals surface area contributed by atoms with Crippen LogP contribution in [0.5, 0.6) is 5.75 Å². The molecule has 0 heterocycles. The summed E-state index contributed by atoms with van der Waals surface area (Å²) in [5.74, 6) is -1.30. The molecule has 1 atom stereocenters. The number of hydrogen-bond acceptors (Lipinski definition) is 4. The number of esters is 1. The van der Waals surface area contributed by atoms with E-state index in [4.69, 9.17) is 10.5 Å². The van der Waals surface area contributed by atoms with Crippen LogP contribution in [0.1, 0.15) is 34.0 Å². The van der Waals surface area contributed by atoms with Crippen molar-refractivity contribution in [2.24, 2.45) is 5.73 Å². The van der Waals surface area contributed by atoms with Crippen LogP contribution in [0.25, 0.3) is 0 Å². The number of amides is 2. The molecule has 136 valence electrons. The summed E-state index contributed by atoms with van der Waals surface area (Å²) in [5.41, 5.74) is 8.80.